The molecule has 0 aliphatic carbocycles. The van der Waals surface area contributed by atoms with Crippen molar-refractivity contribution in [2.24, 2.45) is 0 Å². The molecule has 3 aromatic carbocycles. The van der Waals surface area contributed by atoms with Crippen molar-refractivity contribution in [1.29, 1.82) is 0 Å². The molecule has 134 valence electrons. The zero-order valence-electron chi connectivity index (χ0n) is 15.4. The van der Waals surface area contributed by atoms with E-state index in [2.05, 4.69) is 26.0 Å². The van der Waals surface area contributed by atoms with E-state index in [1.54, 1.807) is 19.2 Å². The van der Waals surface area contributed by atoms with Gasteiger partial charge in [0.15, 0.2) is 0 Å². The van der Waals surface area contributed by atoms with E-state index < -0.39 is 0 Å². The van der Waals surface area contributed by atoms with Crippen LogP contribution in [0, 0.1) is 0 Å². The van der Waals surface area contributed by atoms with Crippen LogP contribution in [0.25, 0.3) is 11.1 Å². The van der Waals surface area contributed by atoms with Crippen LogP contribution < -0.4 is 4.74 Å². The lowest BCUT2D eigenvalue weighted by Crippen LogP contribution is -2.20. The molecule has 26 heavy (non-hydrogen) atoms. The van der Waals surface area contributed by atoms with Crippen molar-refractivity contribution in [1.82, 2.24) is 0 Å². The highest BCUT2D eigenvalue weighted by atomic mass is 16.5. The lowest BCUT2D eigenvalue weighted by molar-refractivity contribution is 0.415. The Morgan fingerprint density at radius 2 is 1.50 bits per heavy atom. The highest BCUT2D eigenvalue weighted by Gasteiger charge is 2.26. The Labute approximate surface area is 154 Å². The van der Waals surface area contributed by atoms with Gasteiger partial charge in [-0.05, 0) is 47.2 Å². The van der Waals surface area contributed by atoms with E-state index in [4.69, 9.17) is 4.74 Å². The summed E-state index contributed by atoms with van der Waals surface area (Å²) in [7, 11) is 1.61. The number of hydrogen-bond donors (Lipinski definition) is 2. The van der Waals surface area contributed by atoms with Gasteiger partial charge in [0.05, 0.1) is 7.11 Å². The molecule has 0 aliphatic heterocycles. The summed E-state index contributed by atoms with van der Waals surface area (Å²) in [5, 5.41) is 21.2. The molecule has 0 bridgehead atoms. The van der Waals surface area contributed by atoms with Crippen molar-refractivity contribution in [3.05, 3.63) is 77.9 Å². The average Bonchev–Trinajstić information content (AvgIpc) is 2.64. The summed E-state index contributed by atoms with van der Waals surface area (Å²) in [6.07, 6.45) is 0.767. The molecule has 0 radical (unpaired) electrons. The molecule has 0 aliphatic rings. The van der Waals surface area contributed by atoms with E-state index in [1.165, 1.54) is 5.56 Å². The largest absolute Gasteiger partial charge is 0.508 e. The fourth-order valence-corrected chi connectivity index (χ4v) is 3.32. The zero-order chi connectivity index (χ0) is 18.7. The van der Waals surface area contributed by atoms with Crippen LogP contribution in [0.4, 0.5) is 0 Å². The van der Waals surface area contributed by atoms with Gasteiger partial charge in [0.25, 0.3) is 0 Å². The second-order valence-corrected chi connectivity index (χ2v) is 7.16. The highest BCUT2D eigenvalue weighted by molar-refractivity contribution is 5.73. The summed E-state index contributed by atoms with van der Waals surface area (Å²) in [6, 6.07) is 20.9. The molecular formula is C23H24O3. The fraction of sp³-hybridized carbons (Fsp3) is 0.217. The summed E-state index contributed by atoms with van der Waals surface area (Å²) in [5.74, 6) is 1.09. The molecular weight excluding hydrogens is 324 g/mol. The molecule has 0 saturated heterocycles. The van der Waals surface area contributed by atoms with Gasteiger partial charge >= 0.3 is 0 Å². The fourth-order valence-electron chi connectivity index (χ4n) is 3.32. The van der Waals surface area contributed by atoms with Gasteiger partial charge in [0, 0.05) is 11.1 Å². The van der Waals surface area contributed by atoms with Crippen LogP contribution in [0.2, 0.25) is 0 Å². The third-order valence-electron chi connectivity index (χ3n) is 4.73. The van der Waals surface area contributed by atoms with Gasteiger partial charge in [-0.3, -0.25) is 0 Å². The topological polar surface area (TPSA) is 49.7 Å². The maximum atomic E-state index is 10.7. The minimum atomic E-state index is -0.318. The molecule has 3 rings (SSSR count). The SMILES string of the molecule is COc1ccc(-c2cc(O)c(C(C)(C)Cc3ccccc3)cc2O)cc1. The molecule has 3 nitrogen and oxygen atoms in total. The zero-order valence-corrected chi connectivity index (χ0v) is 15.4. The Morgan fingerprint density at radius 3 is 2.12 bits per heavy atom. The Hall–Kier alpha value is -2.94. The van der Waals surface area contributed by atoms with Crippen molar-refractivity contribution in [3.8, 4) is 28.4 Å². The normalized spacial score (nSPS) is 11.3. The van der Waals surface area contributed by atoms with Crippen molar-refractivity contribution >= 4 is 0 Å². The molecule has 0 aromatic heterocycles. The molecule has 0 saturated carbocycles. The van der Waals surface area contributed by atoms with Crippen LogP contribution in [0.15, 0.2) is 66.7 Å². The van der Waals surface area contributed by atoms with Gasteiger partial charge in [-0.25, -0.2) is 0 Å². The van der Waals surface area contributed by atoms with Crippen LogP contribution in [-0.4, -0.2) is 17.3 Å². The molecule has 0 unspecified atom stereocenters. The Balaban J connectivity index is 1.95. The van der Waals surface area contributed by atoms with E-state index in [0.29, 0.717) is 5.56 Å². The van der Waals surface area contributed by atoms with E-state index in [0.717, 1.165) is 23.3 Å². The summed E-state index contributed by atoms with van der Waals surface area (Å²) in [6.45, 7) is 4.14. The quantitative estimate of drug-likeness (QED) is 0.616. The van der Waals surface area contributed by atoms with Crippen molar-refractivity contribution < 1.29 is 14.9 Å². The van der Waals surface area contributed by atoms with Crippen LogP contribution in [0.1, 0.15) is 25.0 Å². The molecule has 3 aromatic rings. The van der Waals surface area contributed by atoms with Crippen LogP contribution >= 0.6 is 0 Å². The second kappa shape index (κ2) is 7.12. The predicted octanol–water partition coefficient (Wildman–Crippen LogP) is 5.29. The van der Waals surface area contributed by atoms with E-state index >= 15 is 0 Å². The Morgan fingerprint density at radius 1 is 0.846 bits per heavy atom. The summed E-state index contributed by atoms with van der Waals surface area (Å²) < 4.78 is 5.17. The minimum absolute atomic E-state index is 0.157. The van der Waals surface area contributed by atoms with Gasteiger partial charge in [0.2, 0.25) is 0 Å². The lowest BCUT2D eigenvalue weighted by atomic mass is 9.78. The maximum absolute atomic E-state index is 10.7. The van der Waals surface area contributed by atoms with E-state index in [9.17, 15) is 10.2 Å². The summed E-state index contributed by atoms with van der Waals surface area (Å²) >= 11 is 0. The molecule has 0 atom stereocenters. The Kier molecular flexibility index (Phi) is 4.90. The molecule has 0 fully saturated rings. The number of methoxy groups -OCH3 is 1. The highest BCUT2D eigenvalue weighted by Crippen LogP contribution is 2.41. The Bertz CT molecular complexity index is 881. The van der Waals surface area contributed by atoms with Gasteiger partial charge in [0.1, 0.15) is 17.2 Å². The number of phenolic OH excluding ortho intramolecular Hbond substituents is 2. The third-order valence-corrected chi connectivity index (χ3v) is 4.73. The van der Waals surface area contributed by atoms with Crippen LogP contribution in [-0.2, 0) is 11.8 Å². The third kappa shape index (κ3) is 3.67. The molecule has 0 amide bonds. The first kappa shape index (κ1) is 17.9. The van der Waals surface area contributed by atoms with Crippen molar-refractivity contribution in [2.75, 3.05) is 7.11 Å². The number of ether oxygens (including phenoxy) is 1. The second-order valence-electron chi connectivity index (χ2n) is 7.16. The van der Waals surface area contributed by atoms with Crippen LogP contribution in [0.5, 0.6) is 17.2 Å². The number of benzene rings is 3. The first-order valence-corrected chi connectivity index (χ1v) is 8.65. The van der Waals surface area contributed by atoms with Gasteiger partial charge in [-0.1, -0.05) is 56.3 Å². The molecule has 0 heterocycles. The molecule has 2 N–H and O–H groups in total. The smallest absolute Gasteiger partial charge is 0.123 e. The lowest BCUT2D eigenvalue weighted by Gasteiger charge is -2.27. The molecule has 0 spiro atoms. The van der Waals surface area contributed by atoms with E-state index in [-0.39, 0.29) is 16.9 Å². The number of aromatic hydroxyl groups is 2. The van der Waals surface area contributed by atoms with Gasteiger partial charge < -0.3 is 14.9 Å². The monoisotopic (exact) mass is 348 g/mol. The van der Waals surface area contributed by atoms with E-state index in [1.807, 2.05) is 42.5 Å². The maximum Gasteiger partial charge on any atom is 0.123 e. The van der Waals surface area contributed by atoms with Gasteiger partial charge in [-0.15, -0.1) is 0 Å². The number of hydrogen-bond acceptors (Lipinski definition) is 3. The van der Waals surface area contributed by atoms with Crippen molar-refractivity contribution in [2.45, 2.75) is 25.7 Å². The first-order chi connectivity index (χ1) is 12.4. The van der Waals surface area contributed by atoms with Crippen LogP contribution in [0.3, 0.4) is 0 Å². The number of phenols is 2. The first-order valence-electron chi connectivity index (χ1n) is 8.65. The summed E-state index contributed by atoms with van der Waals surface area (Å²) in [4.78, 5) is 0. The molecule has 3 heteroatoms. The van der Waals surface area contributed by atoms with Crippen molar-refractivity contribution in [3.63, 3.8) is 0 Å². The number of rotatable bonds is 5. The average molecular weight is 348 g/mol. The summed E-state index contributed by atoms with van der Waals surface area (Å²) in [5.41, 5.74) is 3.03. The predicted molar refractivity (Wildman–Crippen MR) is 105 cm³/mol. The van der Waals surface area contributed by atoms with Gasteiger partial charge in [-0.2, -0.15) is 0 Å². The standard InChI is InChI=1S/C23H24O3/c1-23(2,15-16-7-5-4-6-8-16)20-14-21(24)19(13-22(20)25)17-9-11-18(26-3)12-10-17/h4-14,24-25H,15H2,1-3H3. The minimum Gasteiger partial charge on any atom is -0.508 e.